The first-order valence-electron chi connectivity index (χ1n) is 8.21. The molecule has 2 aromatic carbocycles. The lowest BCUT2D eigenvalue weighted by molar-refractivity contribution is -0.163. The number of carboxylic acid groups (broad SMARTS) is 1. The molecule has 0 spiro atoms. The number of rotatable bonds is 4. The number of carboxylic acids is 1. The third-order valence-electron chi connectivity index (χ3n) is 4.66. The highest BCUT2D eigenvalue weighted by Gasteiger charge is 2.52. The number of ether oxygens (including phenoxy) is 1. The molecule has 1 unspecified atom stereocenters. The standard InChI is InChI=1S/C21H18O4S2/c1-25-20(24)21(19(22)23)12-17(26)16(11-18(21)27)15-9-7-14(8-10-15)13-5-3-2-4-6-13/h2-11,26-27H,12H2,1H3,(H,22,23). The molecule has 0 amide bonds. The summed E-state index contributed by atoms with van der Waals surface area (Å²) in [5, 5.41) is 9.65. The van der Waals surface area contributed by atoms with Gasteiger partial charge in [0, 0.05) is 11.3 Å². The minimum atomic E-state index is -1.86. The SMILES string of the molecule is COC(=O)C1(C(=O)O)CC(S)=C(c2ccc(-c3ccccc3)cc2)C=C1S. The molecule has 0 aromatic heterocycles. The molecule has 0 saturated carbocycles. The molecule has 3 rings (SSSR count). The van der Waals surface area contributed by atoms with Crippen molar-refractivity contribution < 1.29 is 19.4 Å². The van der Waals surface area contributed by atoms with Crippen molar-refractivity contribution in [1.29, 1.82) is 0 Å². The second-order valence-corrected chi connectivity index (χ2v) is 7.23. The number of allylic oxidation sites excluding steroid dienone is 3. The Kier molecular flexibility index (Phi) is 5.48. The minimum absolute atomic E-state index is 0.108. The van der Waals surface area contributed by atoms with E-state index in [-0.39, 0.29) is 11.3 Å². The maximum Gasteiger partial charge on any atom is 0.328 e. The molecule has 0 aliphatic heterocycles. The molecule has 1 aliphatic carbocycles. The average molecular weight is 399 g/mol. The van der Waals surface area contributed by atoms with Crippen LogP contribution in [-0.2, 0) is 14.3 Å². The van der Waals surface area contributed by atoms with Crippen molar-refractivity contribution in [1.82, 2.24) is 0 Å². The summed E-state index contributed by atoms with van der Waals surface area (Å²) in [6.07, 6.45) is 1.47. The second-order valence-electron chi connectivity index (χ2n) is 6.21. The van der Waals surface area contributed by atoms with Gasteiger partial charge in [-0.15, -0.1) is 25.3 Å². The second kappa shape index (κ2) is 7.66. The normalized spacial score (nSPS) is 19.4. The van der Waals surface area contributed by atoms with E-state index in [1.807, 2.05) is 54.6 Å². The van der Waals surface area contributed by atoms with E-state index >= 15 is 0 Å². The molecular weight excluding hydrogens is 380 g/mol. The molecule has 0 saturated heterocycles. The van der Waals surface area contributed by atoms with Crippen LogP contribution in [0.4, 0.5) is 0 Å². The first-order valence-corrected chi connectivity index (χ1v) is 9.10. The number of thiol groups is 2. The summed E-state index contributed by atoms with van der Waals surface area (Å²) < 4.78 is 4.71. The van der Waals surface area contributed by atoms with Crippen molar-refractivity contribution >= 4 is 42.8 Å². The summed E-state index contributed by atoms with van der Waals surface area (Å²) in [7, 11) is 1.16. The first kappa shape index (κ1) is 19.3. The van der Waals surface area contributed by atoms with E-state index in [0.717, 1.165) is 29.4 Å². The zero-order chi connectivity index (χ0) is 19.6. The number of methoxy groups -OCH3 is 1. The Morgan fingerprint density at radius 1 is 0.963 bits per heavy atom. The first-order chi connectivity index (χ1) is 12.9. The highest BCUT2D eigenvalue weighted by Crippen LogP contribution is 2.46. The Morgan fingerprint density at radius 3 is 2.07 bits per heavy atom. The van der Waals surface area contributed by atoms with Gasteiger partial charge in [0.15, 0.2) is 5.41 Å². The van der Waals surface area contributed by atoms with Crippen molar-refractivity contribution in [2.24, 2.45) is 5.41 Å². The van der Waals surface area contributed by atoms with Crippen molar-refractivity contribution in [2.45, 2.75) is 6.42 Å². The predicted molar refractivity (Wildman–Crippen MR) is 112 cm³/mol. The third kappa shape index (κ3) is 3.42. The summed E-state index contributed by atoms with van der Waals surface area (Å²) in [6, 6.07) is 17.8. The largest absolute Gasteiger partial charge is 0.480 e. The highest BCUT2D eigenvalue weighted by molar-refractivity contribution is 7.85. The van der Waals surface area contributed by atoms with Crippen molar-refractivity contribution in [3.8, 4) is 11.1 Å². The molecule has 2 aromatic rings. The van der Waals surface area contributed by atoms with E-state index in [0.29, 0.717) is 4.91 Å². The van der Waals surface area contributed by atoms with Gasteiger partial charge in [0.2, 0.25) is 0 Å². The Morgan fingerprint density at radius 2 is 1.52 bits per heavy atom. The lowest BCUT2D eigenvalue weighted by atomic mass is 9.78. The Bertz CT molecular complexity index is 946. The van der Waals surface area contributed by atoms with Crippen LogP contribution in [0.2, 0.25) is 0 Å². The van der Waals surface area contributed by atoms with Gasteiger partial charge in [0.1, 0.15) is 0 Å². The molecule has 1 N–H and O–H groups in total. The molecule has 0 heterocycles. The number of esters is 1. The molecule has 4 nitrogen and oxygen atoms in total. The van der Waals surface area contributed by atoms with Crippen LogP contribution >= 0.6 is 25.3 Å². The van der Waals surface area contributed by atoms with E-state index in [4.69, 9.17) is 4.74 Å². The smallest absolute Gasteiger partial charge is 0.328 e. The summed E-state index contributed by atoms with van der Waals surface area (Å²) in [6.45, 7) is 0. The zero-order valence-electron chi connectivity index (χ0n) is 14.5. The third-order valence-corrected chi connectivity index (χ3v) is 5.57. The number of hydrogen-bond acceptors (Lipinski definition) is 5. The molecule has 27 heavy (non-hydrogen) atoms. The van der Waals surface area contributed by atoms with Crippen LogP contribution in [0, 0.1) is 5.41 Å². The van der Waals surface area contributed by atoms with Crippen LogP contribution < -0.4 is 0 Å². The van der Waals surface area contributed by atoms with Crippen LogP contribution in [0.1, 0.15) is 12.0 Å². The van der Waals surface area contributed by atoms with Gasteiger partial charge in [0.25, 0.3) is 0 Å². The van der Waals surface area contributed by atoms with E-state index < -0.39 is 17.4 Å². The molecule has 1 aliphatic rings. The maximum absolute atomic E-state index is 12.2. The summed E-state index contributed by atoms with van der Waals surface area (Å²) in [5.41, 5.74) is 1.93. The van der Waals surface area contributed by atoms with Gasteiger partial charge >= 0.3 is 11.9 Å². The van der Waals surface area contributed by atoms with Crippen LogP contribution in [0.5, 0.6) is 0 Å². The molecule has 6 heteroatoms. The van der Waals surface area contributed by atoms with Gasteiger partial charge in [0.05, 0.1) is 7.11 Å². The van der Waals surface area contributed by atoms with Gasteiger partial charge in [-0.2, -0.15) is 0 Å². The topological polar surface area (TPSA) is 63.6 Å². The zero-order valence-corrected chi connectivity index (χ0v) is 16.3. The highest BCUT2D eigenvalue weighted by atomic mass is 32.1. The number of benzene rings is 2. The summed E-state index contributed by atoms with van der Waals surface area (Å²) >= 11 is 8.79. The summed E-state index contributed by atoms with van der Waals surface area (Å²) in [5.74, 6) is -2.16. The predicted octanol–water partition coefficient (Wildman–Crippen LogP) is 4.46. The molecule has 0 fully saturated rings. The Labute approximate surface area is 168 Å². The number of hydrogen-bond donors (Lipinski definition) is 3. The van der Waals surface area contributed by atoms with Crippen LogP contribution in [-0.4, -0.2) is 24.2 Å². The van der Waals surface area contributed by atoms with Crippen LogP contribution in [0.3, 0.4) is 0 Å². The van der Waals surface area contributed by atoms with E-state index in [1.54, 1.807) is 6.08 Å². The Balaban J connectivity index is 1.98. The van der Waals surface area contributed by atoms with E-state index in [1.165, 1.54) is 0 Å². The Hall–Kier alpha value is -2.44. The van der Waals surface area contributed by atoms with Crippen LogP contribution in [0.15, 0.2) is 70.5 Å². The summed E-state index contributed by atoms with van der Waals surface area (Å²) in [4.78, 5) is 24.6. The average Bonchev–Trinajstić information content (AvgIpc) is 2.69. The van der Waals surface area contributed by atoms with Crippen LogP contribution in [0.25, 0.3) is 16.7 Å². The van der Waals surface area contributed by atoms with Gasteiger partial charge in [-0.05, 0) is 33.2 Å². The molecule has 1 atom stereocenters. The van der Waals surface area contributed by atoms with Gasteiger partial charge in [-0.1, -0.05) is 54.6 Å². The van der Waals surface area contributed by atoms with Crippen molar-refractivity contribution in [3.63, 3.8) is 0 Å². The number of carbonyl (C=O) groups is 2. The van der Waals surface area contributed by atoms with E-state index in [9.17, 15) is 14.7 Å². The molecule has 0 bridgehead atoms. The minimum Gasteiger partial charge on any atom is -0.480 e. The fourth-order valence-corrected chi connectivity index (χ4v) is 3.95. The quantitative estimate of drug-likeness (QED) is 0.404. The van der Waals surface area contributed by atoms with Gasteiger partial charge < -0.3 is 9.84 Å². The maximum atomic E-state index is 12.2. The van der Waals surface area contributed by atoms with Crippen molar-refractivity contribution in [2.75, 3.05) is 7.11 Å². The number of carbonyl (C=O) groups excluding carboxylic acids is 1. The lowest BCUT2D eigenvalue weighted by Crippen LogP contribution is -2.42. The van der Waals surface area contributed by atoms with Gasteiger partial charge in [-0.25, -0.2) is 0 Å². The fraction of sp³-hybridized carbons (Fsp3) is 0.143. The molecule has 0 radical (unpaired) electrons. The number of aliphatic carboxylic acids is 1. The molecular formula is C21H18O4S2. The van der Waals surface area contributed by atoms with Gasteiger partial charge in [-0.3, -0.25) is 9.59 Å². The van der Waals surface area contributed by atoms with E-state index in [2.05, 4.69) is 25.3 Å². The molecule has 138 valence electrons. The monoisotopic (exact) mass is 398 g/mol. The lowest BCUT2D eigenvalue weighted by Gasteiger charge is -2.31. The van der Waals surface area contributed by atoms with Crippen molar-refractivity contribution in [3.05, 3.63) is 76.0 Å². The fourth-order valence-electron chi connectivity index (χ4n) is 3.13.